The average molecular weight is 358 g/mol. The zero-order chi connectivity index (χ0) is 18.2. The molecule has 0 spiro atoms. The summed E-state index contributed by atoms with van der Waals surface area (Å²) in [6.07, 6.45) is 7.30. The third kappa shape index (κ3) is 5.09. The van der Waals surface area contributed by atoms with E-state index in [1.807, 2.05) is 29.3 Å². The Labute approximate surface area is 155 Å². The standard InChI is InChI=1S/C19H30N6O/c1-20-19(23-16-6-2-3-7-16)22-11-9-18(26)25-14-12-24(13-15-25)17-8-4-5-10-21-17/h4-5,8,10,16H,2-3,6-7,9,11-15H2,1H3,(H2,20,22,23). The number of nitrogens with zero attached hydrogens (tertiary/aromatic N) is 4. The van der Waals surface area contributed by atoms with Crippen LogP contribution in [0.2, 0.25) is 0 Å². The summed E-state index contributed by atoms with van der Waals surface area (Å²) in [5.41, 5.74) is 0. The number of aromatic nitrogens is 1. The Kier molecular flexibility index (Phi) is 6.68. The molecular formula is C19H30N6O. The Morgan fingerprint density at radius 1 is 1.23 bits per heavy atom. The fourth-order valence-electron chi connectivity index (χ4n) is 3.63. The number of amides is 1. The van der Waals surface area contributed by atoms with Crippen molar-refractivity contribution in [2.75, 3.05) is 44.7 Å². The summed E-state index contributed by atoms with van der Waals surface area (Å²) in [5.74, 6) is 2.00. The predicted octanol–water partition coefficient (Wildman–Crippen LogP) is 1.23. The van der Waals surface area contributed by atoms with E-state index in [0.717, 1.165) is 38.0 Å². The van der Waals surface area contributed by atoms with Gasteiger partial charge in [0.1, 0.15) is 5.82 Å². The van der Waals surface area contributed by atoms with Gasteiger partial charge >= 0.3 is 0 Å². The van der Waals surface area contributed by atoms with Crippen molar-refractivity contribution in [1.82, 2.24) is 20.5 Å². The number of hydrogen-bond donors (Lipinski definition) is 2. The van der Waals surface area contributed by atoms with Gasteiger partial charge in [-0.05, 0) is 25.0 Å². The van der Waals surface area contributed by atoms with Gasteiger partial charge in [0.2, 0.25) is 5.91 Å². The van der Waals surface area contributed by atoms with Crippen LogP contribution in [0.15, 0.2) is 29.4 Å². The molecule has 2 fully saturated rings. The molecule has 1 aliphatic heterocycles. The third-order valence-corrected chi connectivity index (χ3v) is 5.16. The minimum absolute atomic E-state index is 0.203. The number of rotatable bonds is 5. The van der Waals surface area contributed by atoms with Crippen LogP contribution in [0, 0.1) is 0 Å². The number of nitrogens with one attached hydrogen (secondary N) is 2. The first-order chi connectivity index (χ1) is 12.8. The van der Waals surface area contributed by atoms with Gasteiger partial charge in [-0.3, -0.25) is 9.79 Å². The molecule has 7 nitrogen and oxygen atoms in total. The van der Waals surface area contributed by atoms with Crippen LogP contribution in [-0.4, -0.2) is 67.6 Å². The van der Waals surface area contributed by atoms with Crippen LogP contribution in [0.3, 0.4) is 0 Å². The SMILES string of the molecule is CN=C(NCCC(=O)N1CCN(c2ccccn2)CC1)NC1CCCC1. The molecule has 1 aliphatic carbocycles. The lowest BCUT2D eigenvalue weighted by Gasteiger charge is -2.35. The summed E-state index contributed by atoms with van der Waals surface area (Å²) in [4.78, 5) is 25.3. The Bertz CT molecular complexity index is 591. The van der Waals surface area contributed by atoms with E-state index in [1.54, 1.807) is 7.05 Å². The van der Waals surface area contributed by atoms with E-state index < -0.39 is 0 Å². The highest BCUT2D eigenvalue weighted by Gasteiger charge is 2.21. The molecule has 1 saturated heterocycles. The van der Waals surface area contributed by atoms with E-state index >= 15 is 0 Å². The monoisotopic (exact) mass is 358 g/mol. The fourth-order valence-corrected chi connectivity index (χ4v) is 3.63. The van der Waals surface area contributed by atoms with Crippen molar-refractivity contribution in [3.63, 3.8) is 0 Å². The molecule has 1 saturated carbocycles. The highest BCUT2D eigenvalue weighted by molar-refractivity contribution is 5.81. The summed E-state index contributed by atoms with van der Waals surface area (Å²) >= 11 is 0. The van der Waals surface area contributed by atoms with Gasteiger partial charge in [0.05, 0.1) is 0 Å². The first-order valence-corrected chi connectivity index (χ1v) is 9.67. The number of piperazine rings is 1. The molecule has 0 aromatic carbocycles. The number of carbonyl (C=O) groups excluding carboxylic acids is 1. The number of aliphatic imine (C=N–C) groups is 1. The molecule has 1 amide bonds. The Hall–Kier alpha value is -2.31. The maximum absolute atomic E-state index is 12.4. The third-order valence-electron chi connectivity index (χ3n) is 5.16. The van der Waals surface area contributed by atoms with Crippen LogP contribution in [0.4, 0.5) is 5.82 Å². The van der Waals surface area contributed by atoms with Crippen LogP contribution in [0.5, 0.6) is 0 Å². The van der Waals surface area contributed by atoms with Gasteiger partial charge in [0.25, 0.3) is 0 Å². The van der Waals surface area contributed by atoms with Crippen molar-refractivity contribution >= 4 is 17.7 Å². The number of anilines is 1. The smallest absolute Gasteiger partial charge is 0.224 e. The molecule has 2 N–H and O–H groups in total. The van der Waals surface area contributed by atoms with Gasteiger partial charge in [-0.1, -0.05) is 18.9 Å². The van der Waals surface area contributed by atoms with Crippen LogP contribution in [-0.2, 0) is 4.79 Å². The molecule has 1 aromatic heterocycles. The van der Waals surface area contributed by atoms with Crippen LogP contribution >= 0.6 is 0 Å². The molecule has 0 radical (unpaired) electrons. The lowest BCUT2D eigenvalue weighted by molar-refractivity contribution is -0.131. The van der Waals surface area contributed by atoms with Crippen molar-refractivity contribution in [2.24, 2.45) is 4.99 Å². The average Bonchev–Trinajstić information content (AvgIpc) is 3.21. The second-order valence-corrected chi connectivity index (χ2v) is 6.93. The van der Waals surface area contributed by atoms with E-state index in [2.05, 4.69) is 25.5 Å². The Balaban J connectivity index is 1.36. The van der Waals surface area contributed by atoms with Crippen molar-refractivity contribution in [3.05, 3.63) is 24.4 Å². The van der Waals surface area contributed by atoms with E-state index in [0.29, 0.717) is 19.0 Å². The summed E-state index contributed by atoms with van der Waals surface area (Å²) < 4.78 is 0. The quantitative estimate of drug-likeness (QED) is 0.612. The molecule has 142 valence electrons. The molecule has 0 unspecified atom stereocenters. The van der Waals surface area contributed by atoms with Crippen molar-refractivity contribution < 1.29 is 4.79 Å². The lowest BCUT2D eigenvalue weighted by atomic mass is 10.2. The second kappa shape index (κ2) is 9.40. The maximum Gasteiger partial charge on any atom is 0.224 e. The normalized spacial score (nSPS) is 18.9. The summed E-state index contributed by atoms with van der Waals surface area (Å²) in [6.45, 7) is 3.79. The summed E-state index contributed by atoms with van der Waals surface area (Å²) in [7, 11) is 1.78. The zero-order valence-corrected chi connectivity index (χ0v) is 15.7. The molecule has 2 aliphatic rings. The van der Waals surface area contributed by atoms with Gasteiger partial charge in [-0.25, -0.2) is 4.98 Å². The largest absolute Gasteiger partial charge is 0.356 e. The van der Waals surface area contributed by atoms with Crippen LogP contribution in [0.25, 0.3) is 0 Å². The van der Waals surface area contributed by atoms with Crippen LogP contribution < -0.4 is 15.5 Å². The zero-order valence-electron chi connectivity index (χ0n) is 15.7. The number of hydrogen-bond acceptors (Lipinski definition) is 4. The van der Waals surface area contributed by atoms with E-state index in [-0.39, 0.29) is 5.91 Å². The summed E-state index contributed by atoms with van der Waals surface area (Å²) in [5, 5.41) is 6.72. The fraction of sp³-hybridized carbons (Fsp3) is 0.632. The minimum Gasteiger partial charge on any atom is -0.356 e. The topological polar surface area (TPSA) is 72.9 Å². The van der Waals surface area contributed by atoms with Gasteiger partial charge in [-0.2, -0.15) is 0 Å². The first-order valence-electron chi connectivity index (χ1n) is 9.67. The summed E-state index contributed by atoms with van der Waals surface area (Å²) in [6, 6.07) is 6.46. The molecule has 1 aromatic rings. The highest BCUT2D eigenvalue weighted by atomic mass is 16.2. The molecular weight excluding hydrogens is 328 g/mol. The second-order valence-electron chi connectivity index (χ2n) is 6.93. The number of guanidine groups is 1. The first kappa shape index (κ1) is 18.5. The van der Waals surface area contributed by atoms with Crippen molar-refractivity contribution in [1.29, 1.82) is 0 Å². The van der Waals surface area contributed by atoms with E-state index in [1.165, 1.54) is 25.7 Å². The van der Waals surface area contributed by atoms with Gasteiger partial charge in [-0.15, -0.1) is 0 Å². The van der Waals surface area contributed by atoms with Gasteiger partial charge in [0.15, 0.2) is 5.96 Å². The molecule has 3 rings (SSSR count). The Morgan fingerprint density at radius 3 is 2.65 bits per heavy atom. The van der Waals surface area contributed by atoms with Crippen LogP contribution in [0.1, 0.15) is 32.1 Å². The molecule has 0 atom stereocenters. The minimum atomic E-state index is 0.203. The van der Waals surface area contributed by atoms with Gasteiger partial charge in [0, 0.05) is 58.4 Å². The number of pyridine rings is 1. The van der Waals surface area contributed by atoms with E-state index in [4.69, 9.17) is 0 Å². The van der Waals surface area contributed by atoms with E-state index in [9.17, 15) is 4.79 Å². The maximum atomic E-state index is 12.4. The Morgan fingerprint density at radius 2 is 2.00 bits per heavy atom. The van der Waals surface area contributed by atoms with Crippen molar-refractivity contribution in [3.8, 4) is 0 Å². The molecule has 2 heterocycles. The highest BCUT2D eigenvalue weighted by Crippen LogP contribution is 2.17. The number of carbonyl (C=O) groups is 1. The van der Waals surface area contributed by atoms with Gasteiger partial charge < -0.3 is 20.4 Å². The molecule has 7 heteroatoms. The predicted molar refractivity (Wildman–Crippen MR) is 104 cm³/mol. The molecule has 0 bridgehead atoms. The molecule has 26 heavy (non-hydrogen) atoms. The van der Waals surface area contributed by atoms with Crippen molar-refractivity contribution in [2.45, 2.75) is 38.1 Å². The lowest BCUT2D eigenvalue weighted by Crippen LogP contribution is -2.50.